The first-order chi connectivity index (χ1) is 7.66. The minimum Gasteiger partial charge on any atom is -0.301 e. The van der Waals surface area contributed by atoms with Gasteiger partial charge < -0.3 is 5.32 Å². The second-order valence-corrected chi connectivity index (χ2v) is 6.08. The molecule has 0 spiro atoms. The predicted molar refractivity (Wildman–Crippen MR) is 76.3 cm³/mol. The highest BCUT2D eigenvalue weighted by molar-refractivity contribution is 7.99. The van der Waals surface area contributed by atoms with Crippen LogP contribution in [0.4, 0.5) is 5.13 Å². The summed E-state index contributed by atoms with van der Waals surface area (Å²) in [7, 11) is 0. The van der Waals surface area contributed by atoms with Gasteiger partial charge in [-0.15, -0.1) is 35.5 Å². The summed E-state index contributed by atoms with van der Waals surface area (Å²) < 4.78 is 0. The quantitative estimate of drug-likeness (QED) is 0.898. The molecule has 1 unspecified atom stereocenters. The van der Waals surface area contributed by atoms with E-state index in [1.54, 1.807) is 23.1 Å². The van der Waals surface area contributed by atoms with Crippen LogP contribution in [0.1, 0.15) is 24.6 Å². The van der Waals surface area contributed by atoms with E-state index in [4.69, 9.17) is 0 Å². The molecule has 0 aliphatic carbocycles. The Morgan fingerprint density at radius 3 is 2.94 bits per heavy atom. The number of thioether (sulfide) groups is 1. The van der Waals surface area contributed by atoms with Crippen molar-refractivity contribution in [1.82, 2.24) is 10.3 Å². The van der Waals surface area contributed by atoms with Gasteiger partial charge in [0, 0.05) is 22.7 Å². The summed E-state index contributed by atoms with van der Waals surface area (Å²) in [6, 6.07) is -0.0728. The number of hydrogen-bond acceptors (Lipinski definition) is 5. The molecule has 0 radical (unpaired) electrons. The molecular weight excluding hydrogens is 278 g/mol. The topological polar surface area (TPSA) is 54.0 Å². The van der Waals surface area contributed by atoms with E-state index in [1.165, 1.54) is 4.88 Å². The fraction of sp³-hybridized carbons (Fsp3) is 0.600. The number of nitrogens with one attached hydrogen (secondary N) is 2. The van der Waals surface area contributed by atoms with E-state index in [0.717, 1.165) is 11.6 Å². The summed E-state index contributed by atoms with van der Waals surface area (Å²) >= 11 is 3.29. The molecule has 4 nitrogen and oxygen atoms in total. The number of halogens is 1. The van der Waals surface area contributed by atoms with Crippen molar-refractivity contribution in [3.8, 4) is 0 Å². The Labute approximate surface area is 115 Å². The molecule has 1 aliphatic heterocycles. The normalized spacial score (nSPS) is 19.1. The van der Waals surface area contributed by atoms with Gasteiger partial charge in [0.1, 0.15) is 0 Å². The third-order valence-corrected chi connectivity index (χ3v) is 4.51. The molecular formula is C10H16ClN3OS2. The summed E-state index contributed by atoms with van der Waals surface area (Å²) in [5.74, 6) is 2.18. The number of thiazole rings is 1. The van der Waals surface area contributed by atoms with E-state index >= 15 is 0 Å². The van der Waals surface area contributed by atoms with Gasteiger partial charge in [0.2, 0.25) is 5.91 Å². The second kappa shape index (κ2) is 6.58. The predicted octanol–water partition coefficient (Wildman–Crippen LogP) is 2.29. The number of aromatic nitrogens is 1. The van der Waals surface area contributed by atoms with E-state index in [1.807, 2.05) is 6.20 Å². The van der Waals surface area contributed by atoms with Crippen LogP contribution in [0.5, 0.6) is 0 Å². The van der Waals surface area contributed by atoms with Crippen molar-refractivity contribution in [3.05, 3.63) is 11.1 Å². The third kappa shape index (κ3) is 3.84. The van der Waals surface area contributed by atoms with Gasteiger partial charge in [0.05, 0.1) is 6.04 Å². The van der Waals surface area contributed by atoms with Gasteiger partial charge in [-0.1, -0.05) is 13.8 Å². The zero-order chi connectivity index (χ0) is 11.5. The average Bonchev–Trinajstić information content (AvgIpc) is 2.87. The molecule has 2 heterocycles. The maximum atomic E-state index is 11.8. The molecule has 1 saturated heterocycles. The maximum absolute atomic E-state index is 11.8. The molecule has 0 bridgehead atoms. The lowest BCUT2D eigenvalue weighted by molar-refractivity contribution is -0.117. The van der Waals surface area contributed by atoms with Gasteiger partial charge in [-0.2, -0.15) is 0 Å². The zero-order valence-corrected chi connectivity index (χ0v) is 12.2. The third-order valence-electron chi connectivity index (χ3n) is 2.36. The molecule has 1 amide bonds. The van der Waals surface area contributed by atoms with Crippen molar-refractivity contribution >= 4 is 46.5 Å². The highest BCUT2D eigenvalue weighted by Gasteiger charge is 2.23. The van der Waals surface area contributed by atoms with Gasteiger partial charge in [-0.3, -0.25) is 10.1 Å². The first-order valence-corrected chi connectivity index (χ1v) is 7.21. The van der Waals surface area contributed by atoms with Crippen LogP contribution in [0.15, 0.2) is 6.20 Å². The monoisotopic (exact) mass is 293 g/mol. The number of hydrogen-bond donors (Lipinski definition) is 2. The first-order valence-electron chi connectivity index (χ1n) is 5.24. The molecule has 1 aromatic heterocycles. The highest BCUT2D eigenvalue weighted by Crippen LogP contribution is 2.25. The van der Waals surface area contributed by atoms with Gasteiger partial charge >= 0.3 is 0 Å². The van der Waals surface area contributed by atoms with E-state index < -0.39 is 0 Å². The van der Waals surface area contributed by atoms with Gasteiger partial charge in [0.25, 0.3) is 0 Å². The summed E-state index contributed by atoms with van der Waals surface area (Å²) in [5, 5.41) is 6.69. The molecule has 2 rings (SSSR count). The van der Waals surface area contributed by atoms with Crippen molar-refractivity contribution in [2.24, 2.45) is 0 Å². The smallest absolute Gasteiger partial charge is 0.244 e. The van der Waals surface area contributed by atoms with Gasteiger partial charge in [-0.25, -0.2) is 4.98 Å². The molecule has 1 aliphatic rings. The van der Waals surface area contributed by atoms with E-state index in [2.05, 4.69) is 29.5 Å². The molecule has 7 heteroatoms. The summed E-state index contributed by atoms with van der Waals surface area (Å²) in [4.78, 5) is 17.2. The lowest BCUT2D eigenvalue weighted by Crippen LogP contribution is -2.37. The summed E-state index contributed by atoms with van der Waals surface area (Å²) in [6.07, 6.45) is 1.84. The Hall–Kier alpha value is -0.300. The van der Waals surface area contributed by atoms with E-state index in [0.29, 0.717) is 11.0 Å². The zero-order valence-electron chi connectivity index (χ0n) is 9.73. The van der Waals surface area contributed by atoms with Crippen LogP contribution in [0, 0.1) is 0 Å². The van der Waals surface area contributed by atoms with Gasteiger partial charge in [-0.05, 0) is 5.92 Å². The Morgan fingerprint density at radius 2 is 2.41 bits per heavy atom. The standard InChI is InChI=1S/C10H15N3OS2.ClH/c1-6(2)8-3-11-10(16-8)13-9(14)7-4-15-5-12-7;/h3,6-7,12H,4-5H2,1-2H3,(H,11,13,14);1H. The van der Waals surface area contributed by atoms with Crippen molar-refractivity contribution < 1.29 is 4.79 Å². The largest absolute Gasteiger partial charge is 0.301 e. The molecule has 1 atom stereocenters. The lowest BCUT2D eigenvalue weighted by atomic mass is 10.2. The Morgan fingerprint density at radius 1 is 1.65 bits per heavy atom. The Balaban J connectivity index is 0.00000144. The van der Waals surface area contributed by atoms with Gasteiger partial charge in [0.15, 0.2) is 5.13 Å². The van der Waals surface area contributed by atoms with E-state index in [9.17, 15) is 4.79 Å². The number of carbonyl (C=O) groups excluding carboxylic acids is 1. The number of rotatable bonds is 3. The average molecular weight is 294 g/mol. The van der Waals surface area contributed by atoms with Crippen LogP contribution >= 0.6 is 35.5 Å². The molecule has 2 N–H and O–H groups in total. The SMILES string of the molecule is CC(C)c1cnc(NC(=O)C2CSCN2)s1.Cl. The number of anilines is 1. The fourth-order valence-electron chi connectivity index (χ4n) is 1.37. The van der Waals surface area contributed by atoms with Crippen molar-refractivity contribution in [1.29, 1.82) is 0 Å². The molecule has 1 aromatic rings. The summed E-state index contributed by atoms with van der Waals surface area (Å²) in [6.45, 7) is 4.24. The Bertz CT molecular complexity index is 377. The van der Waals surface area contributed by atoms with E-state index in [-0.39, 0.29) is 24.4 Å². The van der Waals surface area contributed by atoms with Crippen molar-refractivity contribution in [3.63, 3.8) is 0 Å². The highest BCUT2D eigenvalue weighted by atomic mass is 35.5. The maximum Gasteiger partial charge on any atom is 0.244 e. The second-order valence-electron chi connectivity index (χ2n) is 3.98. The molecule has 0 saturated carbocycles. The van der Waals surface area contributed by atoms with Crippen molar-refractivity contribution in [2.75, 3.05) is 16.9 Å². The fourth-order valence-corrected chi connectivity index (χ4v) is 3.13. The Kier molecular flexibility index (Phi) is 5.72. The van der Waals surface area contributed by atoms with Crippen LogP contribution in [0.2, 0.25) is 0 Å². The minimum atomic E-state index is -0.0728. The van der Waals surface area contributed by atoms with Crippen LogP contribution in [0.25, 0.3) is 0 Å². The van der Waals surface area contributed by atoms with Crippen LogP contribution in [0.3, 0.4) is 0 Å². The summed E-state index contributed by atoms with van der Waals surface area (Å²) in [5.41, 5.74) is 0. The molecule has 0 aromatic carbocycles. The molecule has 17 heavy (non-hydrogen) atoms. The number of nitrogens with zero attached hydrogens (tertiary/aromatic N) is 1. The molecule has 96 valence electrons. The number of carbonyl (C=O) groups is 1. The van der Waals surface area contributed by atoms with Crippen molar-refractivity contribution in [2.45, 2.75) is 25.8 Å². The first kappa shape index (κ1) is 14.8. The lowest BCUT2D eigenvalue weighted by Gasteiger charge is -2.07. The van der Waals surface area contributed by atoms with Crippen LogP contribution in [-0.4, -0.2) is 28.6 Å². The van der Waals surface area contributed by atoms with Crippen LogP contribution < -0.4 is 10.6 Å². The minimum absolute atomic E-state index is 0. The van der Waals surface area contributed by atoms with Crippen LogP contribution in [-0.2, 0) is 4.79 Å². The number of amides is 1. The molecule has 1 fully saturated rings.